The van der Waals surface area contributed by atoms with Gasteiger partial charge in [0.1, 0.15) is 6.33 Å². The number of rotatable bonds is 7. The molecule has 0 saturated carbocycles. The molecule has 0 aliphatic rings. The molecule has 158 valence electrons. The Morgan fingerprint density at radius 1 is 0.935 bits per heavy atom. The van der Waals surface area contributed by atoms with E-state index in [1.54, 1.807) is 18.2 Å². The van der Waals surface area contributed by atoms with Crippen LogP contribution in [0, 0.1) is 20.2 Å². The standard InChI is InChI=1S/C17H11Cl2N7O5/c18-11-2-1-3-12(13(11)19)22-15-14(26(30)31)16(21-8-20-15)23-24-17(27)9-4-6-10(7-5-9)25(28)29/h1-8H,(H,24,27)(H2,20,21,22,23). The van der Waals surface area contributed by atoms with Gasteiger partial charge >= 0.3 is 5.69 Å². The number of carbonyl (C=O) groups is 1. The fourth-order valence-electron chi connectivity index (χ4n) is 2.39. The lowest BCUT2D eigenvalue weighted by Crippen LogP contribution is -2.30. The van der Waals surface area contributed by atoms with Crippen LogP contribution in [0.2, 0.25) is 10.0 Å². The van der Waals surface area contributed by atoms with E-state index in [0.717, 1.165) is 18.5 Å². The van der Waals surface area contributed by atoms with E-state index in [9.17, 15) is 25.0 Å². The van der Waals surface area contributed by atoms with E-state index >= 15 is 0 Å². The van der Waals surface area contributed by atoms with Crippen LogP contribution >= 0.6 is 23.2 Å². The van der Waals surface area contributed by atoms with Crippen molar-refractivity contribution in [2.45, 2.75) is 0 Å². The molecule has 0 atom stereocenters. The minimum Gasteiger partial charge on any atom is -0.333 e. The first-order valence-corrected chi connectivity index (χ1v) is 9.04. The zero-order valence-electron chi connectivity index (χ0n) is 15.2. The number of amides is 1. The second-order valence-corrected chi connectivity index (χ2v) is 6.57. The zero-order valence-corrected chi connectivity index (χ0v) is 16.7. The van der Waals surface area contributed by atoms with Gasteiger partial charge in [0.25, 0.3) is 11.6 Å². The normalized spacial score (nSPS) is 10.3. The molecule has 3 aromatic rings. The molecule has 1 heterocycles. The summed E-state index contributed by atoms with van der Waals surface area (Å²) in [4.78, 5) is 40.8. The third-order valence-corrected chi connectivity index (χ3v) is 4.66. The maximum Gasteiger partial charge on any atom is 0.355 e. The molecule has 0 aliphatic carbocycles. The highest BCUT2D eigenvalue weighted by molar-refractivity contribution is 6.43. The van der Waals surface area contributed by atoms with Gasteiger partial charge in [-0.05, 0) is 24.3 Å². The number of carbonyl (C=O) groups excluding carboxylic acids is 1. The smallest absolute Gasteiger partial charge is 0.333 e. The summed E-state index contributed by atoms with van der Waals surface area (Å²) in [5, 5.41) is 25.4. The molecule has 14 heteroatoms. The summed E-state index contributed by atoms with van der Waals surface area (Å²) >= 11 is 12.0. The van der Waals surface area contributed by atoms with Crippen molar-refractivity contribution in [3.8, 4) is 0 Å². The van der Waals surface area contributed by atoms with E-state index in [1.807, 2.05) is 0 Å². The van der Waals surface area contributed by atoms with E-state index in [2.05, 4.69) is 26.1 Å². The molecule has 1 amide bonds. The summed E-state index contributed by atoms with van der Waals surface area (Å²) in [6, 6.07) is 9.45. The van der Waals surface area contributed by atoms with E-state index in [0.29, 0.717) is 0 Å². The molecule has 31 heavy (non-hydrogen) atoms. The highest BCUT2D eigenvalue weighted by atomic mass is 35.5. The summed E-state index contributed by atoms with van der Waals surface area (Å²) in [7, 11) is 0. The van der Waals surface area contributed by atoms with Crippen molar-refractivity contribution in [2.24, 2.45) is 0 Å². The van der Waals surface area contributed by atoms with Crippen molar-refractivity contribution in [3.05, 3.63) is 84.6 Å². The van der Waals surface area contributed by atoms with Crippen LogP contribution in [0.25, 0.3) is 0 Å². The molecule has 0 aliphatic heterocycles. The molecular weight excluding hydrogens is 453 g/mol. The highest BCUT2D eigenvalue weighted by Gasteiger charge is 2.24. The number of aromatic nitrogens is 2. The molecule has 3 rings (SSSR count). The number of hydrogen-bond acceptors (Lipinski definition) is 9. The number of hydrazine groups is 1. The predicted molar refractivity (Wildman–Crippen MR) is 113 cm³/mol. The third-order valence-electron chi connectivity index (χ3n) is 3.84. The number of nitro groups is 2. The molecule has 0 fully saturated rings. The Hall–Kier alpha value is -4.03. The monoisotopic (exact) mass is 463 g/mol. The second kappa shape index (κ2) is 9.19. The second-order valence-electron chi connectivity index (χ2n) is 5.79. The van der Waals surface area contributed by atoms with Crippen LogP contribution in [0.1, 0.15) is 10.4 Å². The van der Waals surface area contributed by atoms with Crippen molar-refractivity contribution < 1.29 is 14.6 Å². The Balaban J connectivity index is 1.82. The number of benzene rings is 2. The van der Waals surface area contributed by atoms with E-state index < -0.39 is 21.4 Å². The lowest BCUT2D eigenvalue weighted by Gasteiger charge is -2.12. The van der Waals surface area contributed by atoms with Gasteiger partial charge in [-0.3, -0.25) is 35.9 Å². The molecule has 3 N–H and O–H groups in total. The quantitative estimate of drug-likeness (QED) is 0.345. The van der Waals surface area contributed by atoms with Gasteiger partial charge in [0.2, 0.25) is 11.6 Å². The maximum atomic E-state index is 12.2. The van der Waals surface area contributed by atoms with Crippen molar-refractivity contribution in [1.29, 1.82) is 0 Å². The predicted octanol–water partition coefficient (Wildman–Crippen LogP) is 4.10. The first kappa shape index (κ1) is 21.7. The van der Waals surface area contributed by atoms with Crippen LogP contribution in [-0.4, -0.2) is 25.7 Å². The lowest BCUT2D eigenvalue weighted by atomic mass is 10.2. The highest BCUT2D eigenvalue weighted by Crippen LogP contribution is 2.35. The summed E-state index contributed by atoms with van der Waals surface area (Å²) in [6.07, 6.45) is 1.04. The number of non-ortho nitro benzene ring substituents is 1. The Kier molecular flexibility index (Phi) is 6.43. The Morgan fingerprint density at radius 2 is 1.61 bits per heavy atom. The van der Waals surface area contributed by atoms with Gasteiger partial charge in [-0.25, -0.2) is 9.97 Å². The summed E-state index contributed by atoms with van der Waals surface area (Å²) in [6.45, 7) is 0. The number of anilines is 3. The van der Waals surface area contributed by atoms with Crippen LogP contribution in [0.5, 0.6) is 0 Å². The van der Waals surface area contributed by atoms with Crippen LogP contribution in [0.15, 0.2) is 48.8 Å². The average molecular weight is 464 g/mol. The summed E-state index contributed by atoms with van der Waals surface area (Å²) in [5.74, 6) is -1.21. The third kappa shape index (κ3) is 4.94. The summed E-state index contributed by atoms with van der Waals surface area (Å²) < 4.78 is 0. The first-order valence-electron chi connectivity index (χ1n) is 8.29. The minimum atomic E-state index is -0.749. The van der Waals surface area contributed by atoms with Crippen molar-refractivity contribution in [3.63, 3.8) is 0 Å². The van der Waals surface area contributed by atoms with Gasteiger partial charge in [0.15, 0.2) is 0 Å². The van der Waals surface area contributed by atoms with E-state index in [-0.39, 0.29) is 38.6 Å². The largest absolute Gasteiger partial charge is 0.355 e. The fraction of sp³-hybridized carbons (Fsp3) is 0. The molecule has 1 aromatic heterocycles. The molecule has 12 nitrogen and oxygen atoms in total. The topological polar surface area (TPSA) is 165 Å². The van der Waals surface area contributed by atoms with Gasteiger partial charge in [-0.2, -0.15) is 0 Å². The molecule has 2 aromatic carbocycles. The van der Waals surface area contributed by atoms with Gasteiger partial charge in [-0.15, -0.1) is 0 Å². The van der Waals surface area contributed by atoms with Crippen LogP contribution in [-0.2, 0) is 0 Å². The van der Waals surface area contributed by atoms with Gasteiger partial charge in [0.05, 0.1) is 25.6 Å². The Morgan fingerprint density at radius 3 is 2.26 bits per heavy atom. The molecule has 0 bridgehead atoms. The molecular formula is C17H11Cl2N7O5. The number of nitrogens with one attached hydrogen (secondary N) is 3. The van der Waals surface area contributed by atoms with Gasteiger partial charge in [0, 0.05) is 17.7 Å². The van der Waals surface area contributed by atoms with Gasteiger partial charge < -0.3 is 5.32 Å². The van der Waals surface area contributed by atoms with Crippen molar-refractivity contribution in [1.82, 2.24) is 15.4 Å². The molecule has 0 unspecified atom stereocenters. The SMILES string of the molecule is O=C(NNc1ncnc(Nc2cccc(Cl)c2Cl)c1[N+](=O)[O-])c1ccc([N+](=O)[O-])cc1. The van der Waals surface area contributed by atoms with Crippen LogP contribution in [0.4, 0.5) is 28.7 Å². The van der Waals surface area contributed by atoms with E-state index in [4.69, 9.17) is 23.2 Å². The lowest BCUT2D eigenvalue weighted by molar-refractivity contribution is -0.384. The van der Waals surface area contributed by atoms with Gasteiger partial charge in [-0.1, -0.05) is 29.3 Å². The number of hydrogen-bond donors (Lipinski definition) is 3. The minimum absolute atomic E-state index is 0.0823. The van der Waals surface area contributed by atoms with Crippen molar-refractivity contribution in [2.75, 3.05) is 10.7 Å². The average Bonchev–Trinajstić information content (AvgIpc) is 2.75. The Bertz CT molecular complexity index is 1170. The van der Waals surface area contributed by atoms with Crippen LogP contribution in [0.3, 0.4) is 0 Å². The van der Waals surface area contributed by atoms with E-state index in [1.165, 1.54) is 12.1 Å². The maximum absolute atomic E-state index is 12.2. The number of nitrogens with zero attached hydrogens (tertiary/aromatic N) is 4. The molecule has 0 saturated heterocycles. The number of halogens is 2. The molecule has 0 spiro atoms. The fourth-order valence-corrected chi connectivity index (χ4v) is 2.73. The Labute approximate surface area is 183 Å². The first-order chi connectivity index (χ1) is 14.8. The van der Waals surface area contributed by atoms with Crippen LogP contribution < -0.4 is 16.2 Å². The summed E-state index contributed by atoms with van der Waals surface area (Å²) in [5.41, 5.74) is 4.20. The number of nitro benzene ring substituents is 1. The van der Waals surface area contributed by atoms with Crippen molar-refractivity contribution >= 4 is 57.8 Å². The molecule has 0 radical (unpaired) electrons. The zero-order chi connectivity index (χ0) is 22.5.